The molecule has 0 radical (unpaired) electrons. The second-order valence-corrected chi connectivity index (χ2v) is 11.0. The normalized spacial score (nSPS) is 15.2. The summed E-state index contributed by atoms with van der Waals surface area (Å²) in [5.41, 5.74) is 2.25. The van der Waals surface area contributed by atoms with Crippen LogP contribution in [0.1, 0.15) is 6.92 Å². The number of nitrogens with zero attached hydrogens (tertiary/aromatic N) is 2. The van der Waals surface area contributed by atoms with Gasteiger partial charge in [0.2, 0.25) is 0 Å². The average molecular weight is 464 g/mol. The fourth-order valence-electron chi connectivity index (χ4n) is 3.15. The first-order valence-electron chi connectivity index (χ1n) is 8.48. The fourth-order valence-corrected chi connectivity index (χ4v) is 9.66. The molecule has 0 aliphatic carbocycles. The summed E-state index contributed by atoms with van der Waals surface area (Å²) in [7, 11) is 1.66. The predicted molar refractivity (Wildman–Crippen MR) is 105 cm³/mol. The van der Waals surface area contributed by atoms with E-state index in [2.05, 4.69) is 50.7 Å². The molecule has 5 nitrogen and oxygen atoms in total. The predicted octanol–water partition coefficient (Wildman–Crippen LogP) is 2.02. The summed E-state index contributed by atoms with van der Waals surface area (Å²) in [6.07, 6.45) is 4.29. The van der Waals surface area contributed by atoms with Gasteiger partial charge in [-0.3, -0.25) is 0 Å². The third-order valence-corrected chi connectivity index (χ3v) is 10.7. The third-order valence-electron chi connectivity index (χ3n) is 4.28. The van der Waals surface area contributed by atoms with Crippen LogP contribution in [0, 0.1) is 0 Å². The van der Waals surface area contributed by atoms with Crippen LogP contribution in [0.15, 0.2) is 60.8 Å². The van der Waals surface area contributed by atoms with E-state index in [1.54, 1.807) is 7.11 Å². The summed E-state index contributed by atoms with van der Waals surface area (Å²) >= 11 is -2.03. The summed E-state index contributed by atoms with van der Waals surface area (Å²) in [5.74, 6) is 0.591. The van der Waals surface area contributed by atoms with E-state index in [4.69, 9.17) is 9.47 Å². The summed E-state index contributed by atoms with van der Waals surface area (Å²) in [6, 6.07) is 16.6. The van der Waals surface area contributed by atoms with Gasteiger partial charge in [-0.25, -0.2) is 0 Å². The Balaban J connectivity index is 1.78. The molecule has 2 aromatic rings. The maximum atomic E-state index is 12.2. The van der Waals surface area contributed by atoms with Crippen LogP contribution in [0.2, 0.25) is 0 Å². The first kappa shape index (κ1) is 17.1. The molecule has 0 N–H and O–H groups in total. The fraction of sp³-hybridized carbons (Fsp3) is 0.200. The van der Waals surface area contributed by atoms with Crippen LogP contribution >= 0.6 is 0 Å². The van der Waals surface area contributed by atoms with Gasteiger partial charge >= 0.3 is 160 Å². The molecule has 0 saturated carbocycles. The Morgan fingerprint density at radius 2 is 1.96 bits per heavy atom. The van der Waals surface area contributed by atoms with Crippen LogP contribution in [0.4, 0.5) is 11.4 Å². The first-order valence-corrected chi connectivity index (χ1v) is 11.8. The minimum absolute atomic E-state index is 0.208. The Hall–Kier alpha value is -2.29. The second-order valence-electron chi connectivity index (χ2n) is 5.82. The molecule has 0 spiro atoms. The Kier molecular flexibility index (Phi) is 4.71. The summed E-state index contributed by atoms with van der Waals surface area (Å²) in [5, 5.41) is 0. The van der Waals surface area contributed by atoms with Crippen molar-refractivity contribution < 1.29 is 14.3 Å². The van der Waals surface area contributed by atoms with Gasteiger partial charge in [0, 0.05) is 0 Å². The number of fused-ring (bicyclic) bond motifs is 2. The molecule has 0 amide bonds. The second kappa shape index (κ2) is 7.14. The standard InChI is InChI=1S/C20H20N2O3Te/c1-3-25-20(23)14-21-17-13-16(24-2)9-10-18(17)26-19(21)11-12-22(26)15-7-5-4-6-8-15/h4-13H,3,14H2,1-2H3. The zero-order chi connectivity index (χ0) is 18.1. The molecular formula is C20H20N2O3Te. The van der Waals surface area contributed by atoms with Gasteiger partial charge < -0.3 is 0 Å². The molecule has 26 heavy (non-hydrogen) atoms. The van der Waals surface area contributed by atoms with E-state index in [0.29, 0.717) is 6.61 Å². The zero-order valence-corrected chi connectivity index (χ0v) is 17.0. The number of carbonyl (C=O) groups is 1. The zero-order valence-electron chi connectivity index (χ0n) is 14.7. The van der Waals surface area contributed by atoms with Gasteiger partial charge in [-0.1, -0.05) is 0 Å². The third kappa shape index (κ3) is 2.90. The van der Waals surface area contributed by atoms with Crippen molar-refractivity contribution in [2.45, 2.75) is 6.92 Å². The van der Waals surface area contributed by atoms with Crippen molar-refractivity contribution in [3.05, 3.63) is 60.8 Å². The molecule has 2 aliphatic rings. The molecule has 0 atom stereocenters. The maximum absolute atomic E-state index is 12.2. The van der Waals surface area contributed by atoms with Gasteiger partial charge in [0.1, 0.15) is 0 Å². The van der Waals surface area contributed by atoms with Crippen LogP contribution in [0.25, 0.3) is 0 Å². The molecular weight excluding hydrogens is 444 g/mol. The van der Waals surface area contributed by atoms with Crippen LogP contribution in [-0.4, -0.2) is 49.3 Å². The van der Waals surface area contributed by atoms with E-state index >= 15 is 0 Å². The number of rotatable bonds is 5. The quantitative estimate of drug-likeness (QED) is 0.501. The van der Waals surface area contributed by atoms with E-state index in [9.17, 15) is 4.79 Å². The van der Waals surface area contributed by atoms with Crippen LogP contribution in [0.3, 0.4) is 0 Å². The summed E-state index contributed by atoms with van der Waals surface area (Å²) in [4.78, 5) is 14.3. The average Bonchev–Trinajstić information content (AvgIpc) is 3.22. The van der Waals surface area contributed by atoms with Crippen LogP contribution in [-0.2, 0) is 9.53 Å². The topological polar surface area (TPSA) is 42.0 Å². The van der Waals surface area contributed by atoms with Crippen molar-refractivity contribution >= 4 is 44.0 Å². The van der Waals surface area contributed by atoms with Gasteiger partial charge in [0.15, 0.2) is 0 Å². The Morgan fingerprint density at radius 1 is 1.15 bits per heavy atom. The monoisotopic (exact) mass is 466 g/mol. The van der Waals surface area contributed by atoms with Gasteiger partial charge in [0.25, 0.3) is 0 Å². The molecule has 0 saturated heterocycles. The van der Waals surface area contributed by atoms with Crippen molar-refractivity contribution in [3.8, 4) is 5.75 Å². The van der Waals surface area contributed by atoms with Crippen molar-refractivity contribution in [2.75, 3.05) is 28.3 Å². The summed E-state index contributed by atoms with van der Waals surface area (Å²) < 4.78 is 15.6. The molecule has 2 heterocycles. The molecule has 2 aromatic carbocycles. The number of hydrogen-bond donors (Lipinski definition) is 0. The number of anilines is 2. The van der Waals surface area contributed by atoms with E-state index in [0.717, 1.165) is 11.4 Å². The number of carbonyl (C=O) groups excluding carboxylic acids is 1. The van der Waals surface area contributed by atoms with Crippen molar-refractivity contribution in [1.29, 1.82) is 0 Å². The van der Waals surface area contributed by atoms with Crippen LogP contribution < -0.4 is 16.4 Å². The SMILES string of the molecule is CCOC(=O)CN1C2=[Te](c3ccc(OC)cc31)N(c1ccccc1)C=C2. The Morgan fingerprint density at radius 3 is 2.69 bits per heavy atom. The number of hydrogen-bond acceptors (Lipinski definition) is 5. The number of para-hydroxylation sites is 1. The number of benzene rings is 2. The van der Waals surface area contributed by atoms with Crippen molar-refractivity contribution in [1.82, 2.24) is 0 Å². The van der Waals surface area contributed by atoms with Crippen LogP contribution in [0.5, 0.6) is 5.75 Å². The summed E-state index contributed by atoms with van der Waals surface area (Å²) in [6.45, 7) is 2.45. The van der Waals surface area contributed by atoms with Crippen molar-refractivity contribution in [3.63, 3.8) is 0 Å². The molecule has 0 fully saturated rings. The molecule has 0 unspecified atom stereocenters. The van der Waals surface area contributed by atoms with Crippen molar-refractivity contribution in [2.24, 2.45) is 0 Å². The van der Waals surface area contributed by atoms with Gasteiger partial charge in [-0.2, -0.15) is 0 Å². The number of esters is 1. The Labute approximate surface area is 159 Å². The Bertz CT molecular complexity index is 909. The molecule has 0 bridgehead atoms. The number of methoxy groups -OCH3 is 1. The molecule has 2 aliphatic heterocycles. The molecule has 6 heteroatoms. The van der Waals surface area contributed by atoms with E-state index in [-0.39, 0.29) is 12.5 Å². The molecule has 4 rings (SSSR count). The number of ether oxygens (including phenoxy) is 2. The van der Waals surface area contributed by atoms with E-state index in [1.807, 2.05) is 25.1 Å². The minimum atomic E-state index is -2.03. The van der Waals surface area contributed by atoms with E-state index in [1.165, 1.54) is 13.0 Å². The van der Waals surface area contributed by atoms with Gasteiger partial charge in [-0.05, 0) is 0 Å². The molecule has 0 aromatic heterocycles. The van der Waals surface area contributed by atoms with Gasteiger partial charge in [0.05, 0.1) is 0 Å². The van der Waals surface area contributed by atoms with E-state index < -0.39 is 19.3 Å². The first-order chi connectivity index (χ1) is 12.7. The molecule has 134 valence electrons. The van der Waals surface area contributed by atoms with Gasteiger partial charge in [-0.15, -0.1) is 0 Å².